The van der Waals surface area contributed by atoms with Crippen LogP contribution in [0.2, 0.25) is 0 Å². The molecule has 3 aromatic rings. The maximum Gasteiger partial charge on any atom is 0.233 e. The lowest BCUT2D eigenvalue weighted by Crippen LogP contribution is -2.30. The van der Waals surface area contributed by atoms with Gasteiger partial charge in [-0.15, -0.1) is 0 Å². The van der Waals surface area contributed by atoms with Gasteiger partial charge in [0.1, 0.15) is 0 Å². The number of benzene rings is 2. The van der Waals surface area contributed by atoms with Gasteiger partial charge in [-0.1, -0.05) is 53.7 Å². The summed E-state index contributed by atoms with van der Waals surface area (Å²) in [6.45, 7) is 6.56. The maximum atomic E-state index is 12.4. The first kappa shape index (κ1) is 18.3. The van der Waals surface area contributed by atoms with Crippen molar-refractivity contribution in [1.82, 2.24) is 14.9 Å². The lowest BCUT2D eigenvalue weighted by atomic mass is 10.1. The Kier molecular flexibility index (Phi) is 5.78. The zero-order valence-electron chi connectivity index (χ0n) is 15.3. The number of imidazole rings is 1. The molecule has 1 heterocycles. The smallest absolute Gasteiger partial charge is 0.233 e. The van der Waals surface area contributed by atoms with Crippen LogP contribution in [0.15, 0.2) is 66.1 Å². The molecule has 0 spiro atoms. The second-order valence-electron chi connectivity index (χ2n) is 6.38. The minimum absolute atomic E-state index is 0.00867. The van der Waals surface area contributed by atoms with Crippen LogP contribution in [0.1, 0.15) is 23.6 Å². The van der Waals surface area contributed by atoms with E-state index >= 15 is 0 Å². The molecule has 1 N–H and O–H groups in total. The maximum absolute atomic E-state index is 12.4. The number of nitrogens with one attached hydrogen (secondary N) is 1. The normalized spacial score (nSPS) is 12.0. The largest absolute Gasteiger partial charge is 0.351 e. The molecule has 0 aliphatic heterocycles. The molecule has 0 fully saturated rings. The highest BCUT2D eigenvalue weighted by molar-refractivity contribution is 8.00. The minimum Gasteiger partial charge on any atom is -0.351 e. The van der Waals surface area contributed by atoms with E-state index in [0.29, 0.717) is 6.54 Å². The Balaban J connectivity index is 1.63. The predicted molar refractivity (Wildman–Crippen MR) is 107 cm³/mol. The SMILES string of the molecule is Cc1ccc(CNC(=O)C(C)Sc2nccn2-c2cccc(C)c2)cc1. The fourth-order valence-corrected chi connectivity index (χ4v) is 3.51. The summed E-state index contributed by atoms with van der Waals surface area (Å²) in [5.41, 5.74) is 4.56. The summed E-state index contributed by atoms with van der Waals surface area (Å²) in [5.74, 6) is 0.00867. The molecule has 0 bridgehead atoms. The molecule has 0 radical (unpaired) electrons. The average Bonchev–Trinajstić information content (AvgIpc) is 3.09. The lowest BCUT2D eigenvalue weighted by molar-refractivity contribution is -0.120. The van der Waals surface area contributed by atoms with Gasteiger partial charge in [0.15, 0.2) is 5.16 Å². The number of carbonyl (C=O) groups is 1. The van der Waals surface area contributed by atoms with E-state index in [2.05, 4.69) is 48.4 Å². The van der Waals surface area contributed by atoms with Gasteiger partial charge in [-0.05, 0) is 44.0 Å². The van der Waals surface area contributed by atoms with Gasteiger partial charge in [0.2, 0.25) is 5.91 Å². The van der Waals surface area contributed by atoms with Crippen LogP contribution in [0.5, 0.6) is 0 Å². The molecule has 1 unspecified atom stereocenters. The van der Waals surface area contributed by atoms with Crippen LogP contribution in [0.3, 0.4) is 0 Å². The molecule has 0 aliphatic carbocycles. The van der Waals surface area contributed by atoms with Crippen LogP contribution in [-0.4, -0.2) is 20.7 Å². The van der Waals surface area contributed by atoms with Crippen molar-refractivity contribution in [3.63, 3.8) is 0 Å². The lowest BCUT2D eigenvalue weighted by Gasteiger charge is -2.13. The quantitative estimate of drug-likeness (QED) is 0.663. The molecular formula is C21H23N3OS. The average molecular weight is 366 g/mol. The fraction of sp³-hybridized carbons (Fsp3) is 0.238. The van der Waals surface area contributed by atoms with E-state index in [4.69, 9.17) is 0 Å². The minimum atomic E-state index is -0.230. The number of rotatable bonds is 6. The summed E-state index contributed by atoms with van der Waals surface area (Å²) < 4.78 is 2.02. The third-order valence-corrected chi connectivity index (χ3v) is 5.21. The molecule has 4 nitrogen and oxygen atoms in total. The number of thioether (sulfide) groups is 1. The van der Waals surface area contributed by atoms with Gasteiger partial charge in [0.05, 0.1) is 5.25 Å². The molecule has 3 rings (SSSR count). The van der Waals surface area contributed by atoms with Crippen LogP contribution >= 0.6 is 11.8 Å². The van der Waals surface area contributed by atoms with Gasteiger partial charge in [-0.3, -0.25) is 9.36 Å². The molecule has 134 valence electrons. The van der Waals surface area contributed by atoms with E-state index < -0.39 is 0 Å². The number of carbonyl (C=O) groups excluding carboxylic acids is 1. The van der Waals surface area contributed by atoms with E-state index in [0.717, 1.165) is 16.4 Å². The monoisotopic (exact) mass is 365 g/mol. The second kappa shape index (κ2) is 8.23. The summed E-state index contributed by atoms with van der Waals surface area (Å²) in [7, 11) is 0. The van der Waals surface area contributed by atoms with Gasteiger partial charge >= 0.3 is 0 Å². The Morgan fingerprint density at radius 2 is 1.92 bits per heavy atom. The number of aryl methyl sites for hydroxylation is 2. The third-order valence-electron chi connectivity index (χ3n) is 4.13. The van der Waals surface area contributed by atoms with E-state index in [1.807, 2.05) is 42.0 Å². The van der Waals surface area contributed by atoms with Gasteiger partial charge < -0.3 is 5.32 Å². The van der Waals surface area contributed by atoms with Crippen LogP contribution in [0, 0.1) is 13.8 Å². The first-order valence-corrected chi connectivity index (χ1v) is 9.51. The molecule has 1 amide bonds. The molecule has 1 aromatic heterocycles. The third kappa shape index (κ3) is 4.55. The van der Waals surface area contributed by atoms with Crippen LogP contribution in [0.4, 0.5) is 0 Å². The fourth-order valence-electron chi connectivity index (χ4n) is 2.60. The van der Waals surface area contributed by atoms with E-state index in [9.17, 15) is 4.79 Å². The van der Waals surface area contributed by atoms with Gasteiger partial charge in [-0.25, -0.2) is 4.98 Å². The first-order chi connectivity index (χ1) is 12.5. The van der Waals surface area contributed by atoms with Crippen molar-refractivity contribution in [1.29, 1.82) is 0 Å². The summed E-state index contributed by atoms with van der Waals surface area (Å²) in [5, 5.41) is 3.59. The molecule has 2 aromatic carbocycles. The van der Waals surface area contributed by atoms with Gasteiger partial charge in [0.25, 0.3) is 0 Å². The van der Waals surface area contributed by atoms with Crippen LogP contribution in [-0.2, 0) is 11.3 Å². The predicted octanol–water partition coefficient (Wildman–Crippen LogP) is 4.29. The van der Waals surface area contributed by atoms with Crippen molar-refractivity contribution in [2.75, 3.05) is 0 Å². The van der Waals surface area contributed by atoms with Crippen molar-refractivity contribution < 1.29 is 4.79 Å². The van der Waals surface area contributed by atoms with Crippen molar-refractivity contribution in [3.8, 4) is 5.69 Å². The van der Waals surface area contributed by atoms with Gasteiger partial charge in [0, 0.05) is 24.6 Å². The number of amides is 1. The molecular weight excluding hydrogens is 342 g/mol. The van der Waals surface area contributed by atoms with Crippen LogP contribution in [0.25, 0.3) is 5.69 Å². The summed E-state index contributed by atoms with van der Waals surface area (Å²) in [6, 6.07) is 16.4. The molecule has 0 saturated heterocycles. The molecule has 26 heavy (non-hydrogen) atoms. The Morgan fingerprint density at radius 1 is 1.15 bits per heavy atom. The number of aromatic nitrogens is 2. The Bertz CT molecular complexity index is 886. The van der Waals surface area contributed by atoms with Gasteiger partial charge in [-0.2, -0.15) is 0 Å². The zero-order chi connectivity index (χ0) is 18.5. The van der Waals surface area contributed by atoms with Crippen molar-refractivity contribution in [3.05, 3.63) is 77.6 Å². The van der Waals surface area contributed by atoms with E-state index in [1.54, 1.807) is 6.20 Å². The number of hydrogen-bond donors (Lipinski definition) is 1. The molecule has 0 aliphatic rings. The molecule has 0 saturated carbocycles. The summed E-state index contributed by atoms with van der Waals surface area (Å²) in [4.78, 5) is 16.9. The summed E-state index contributed by atoms with van der Waals surface area (Å²) in [6.07, 6.45) is 3.69. The Hall–Kier alpha value is -2.53. The molecule has 1 atom stereocenters. The second-order valence-corrected chi connectivity index (χ2v) is 7.69. The van der Waals surface area contributed by atoms with Crippen molar-refractivity contribution in [2.45, 2.75) is 37.7 Å². The van der Waals surface area contributed by atoms with E-state index in [1.165, 1.54) is 22.9 Å². The molecule has 5 heteroatoms. The number of nitrogens with zero attached hydrogens (tertiary/aromatic N) is 2. The topological polar surface area (TPSA) is 46.9 Å². The zero-order valence-corrected chi connectivity index (χ0v) is 16.1. The first-order valence-electron chi connectivity index (χ1n) is 8.63. The standard InChI is InChI=1S/C21H23N3OS/c1-15-7-9-18(10-8-15)14-23-20(25)17(3)26-21-22-11-12-24(21)19-6-4-5-16(2)13-19/h4-13,17H,14H2,1-3H3,(H,23,25). The van der Waals surface area contributed by atoms with Crippen molar-refractivity contribution in [2.24, 2.45) is 0 Å². The number of hydrogen-bond acceptors (Lipinski definition) is 3. The Morgan fingerprint density at radius 3 is 2.65 bits per heavy atom. The Labute approximate surface area is 158 Å². The highest BCUT2D eigenvalue weighted by atomic mass is 32.2. The van der Waals surface area contributed by atoms with E-state index in [-0.39, 0.29) is 11.2 Å². The highest BCUT2D eigenvalue weighted by Gasteiger charge is 2.17. The highest BCUT2D eigenvalue weighted by Crippen LogP contribution is 2.25. The van der Waals surface area contributed by atoms with Crippen molar-refractivity contribution >= 4 is 17.7 Å². The van der Waals surface area contributed by atoms with Crippen LogP contribution < -0.4 is 5.32 Å². The summed E-state index contributed by atoms with van der Waals surface area (Å²) >= 11 is 1.46.